The summed E-state index contributed by atoms with van der Waals surface area (Å²) in [4.78, 5) is 12.5. The zero-order chi connectivity index (χ0) is 19.5. The average Bonchev–Trinajstić information content (AvgIpc) is 2.97. The van der Waals surface area contributed by atoms with Gasteiger partial charge in [-0.15, -0.1) is 35.0 Å². The molecule has 0 saturated carbocycles. The Morgan fingerprint density at radius 2 is 1.83 bits per heavy atom. The number of rotatable bonds is 4. The van der Waals surface area contributed by atoms with Gasteiger partial charge in [0.15, 0.2) is 5.82 Å². The van der Waals surface area contributed by atoms with Crippen LogP contribution in [0.3, 0.4) is 0 Å². The minimum absolute atomic E-state index is 0. The maximum Gasteiger partial charge on any atom is 0.255 e. The summed E-state index contributed by atoms with van der Waals surface area (Å²) in [7, 11) is 0. The molecule has 1 aliphatic rings. The van der Waals surface area contributed by atoms with Crippen LogP contribution in [0.1, 0.15) is 41.0 Å². The number of aryl methyl sites for hydroxylation is 1. The molecule has 4 rings (SSSR count). The van der Waals surface area contributed by atoms with Crippen LogP contribution in [0.5, 0.6) is 0 Å². The molecule has 30 heavy (non-hydrogen) atoms. The SMILES string of the molecule is Cl.Cl.NCc1ccc(C(=O)Nc2cc(-c3nnc4n3CCCCC4)ccc2F)cc1. The highest BCUT2D eigenvalue weighted by Gasteiger charge is 2.18. The Morgan fingerprint density at radius 1 is 1.07 bits per heavy atom. The number of halogens is 3. The lowest BCUT2D eigenvalue weighted by Gasteiger charge is -2.11. The zero-order valence-corrected chi connectivity index (χ0v) is 17.9. The van der Waals surface area contributed by atoms with Crippen LogP contribution in [-0.2, 0) is 19.5 Å². The fourth-order valence-electron chi connectivity index (χ4n) is 3.45. The Balaban J connectivity index is 0.00000160. The Bertz CT molecular complexity index is 1010. The smallest absolute Gasteiger partial charge is 0.255 e. The predicted molar refractivity (Wildman–Crippen MR) is 120 cm³/mol. The van der Waals surface area contributed by atoms with Crippen molar-refractivity contribution in [3.05, 3.63) is 65.2 Å². The van der Waals surface area contributed by atoms with Gasteiger partial charge in [0.1, 0.15) is 11.6 Å². The van der Waals surface area contributed by atoms with Crippen LogP contribution in [-0.4, -0.2) is 20.7 Å². The molecule has 2 heterocycles. The number of fused-ring (bicyclic) bond motifs is 1. The molecule has 2 aromatic carbocycles. The first-order valence-corrected chi connectivity index (χ1v) is 9.48. The number of hydrogen-bond acceptors (Lipinski definition) is 4. The van der Waals surface area contributed by atoms with E-state index in [2.05, 4.69) is 20.1 Å². The standard InChI is InChI=1S/C21H22FN5O.2ClH/c22-17-10-9-16(20-26-25-19-4-2-1-3-11-27(19)20)12-18(17)24-21(28)15-7-5-14(13-23)6-8-15;;/h5-10,12H,1-4,11,13,23H2,(H,24,28);2*1H. The van der Waals surface area contributed by atoms with Gasteiger partial charge in [-0.2, -0.15) is 0 Å². The molecule has 1 aromatic heterocycles. The van der Waals surface area contributed by atoms with Crippen molar-refractivity contribution in [3.63, 3.8) is 0 Å². The lowest BCUT2D eigenvalue weighted by molar-refractivity contribution is 0.102. The molecule has 0 bridgehead atoms. The lowest BCUT2D eigenvalue weighted by Crippen LogP contribution is -2.13. The zero-order valence-electron chi connectivity index (χ0n) is 16.3. The monoisotopic (exact) mass is 451 g/mol. The minimum atomic E-state index is -0.494. The van der Waals surface area contributed by atoms with E-state index in [0.29, 0.717) is 17.9 Å². The van der Waals surface area contributed by atoms with Crippen molar-refractivity contribution in [3.8, 4) is 11.4 Å². The first-order valence-electron chi connectivity index (χ1n) is 9.48. The first kappa shape index (κ1) is 23.8. The van der Waals surface area contributed by atoms with E-state index in [1.165, 1.54) is 6.07 Å². The van der Waals surface area contributed by atoms with Gasteiger partial charge in [-0.05, 0) is 48.7 Å². The Hall–Kier alpha value is -2.48. The third-order valence-electron chi connectivity index (χ3n) is 5.03. The molecule has 0 unspecified atom stereocenters. The van der Waals surface area contributed by atoms with E-state index in [1.54, 1.807) is 36.4 Å². The number of hydrogen-bond donors (Lipinski definition) is 2. The molecule has 3 aromatic rings. The molecule has 0 aliphatic carbocycles. The highest BCUT2D eigenvalue weighted by atomic mass is 35.5. The van der Waals surface area contributed by atoms with Gasteiger partial charge in [-0.25, -0.2) is 4.39 Å². The second kappa shape index (κ2) is 10.5. The molecule has 0 radical (unpaired) electrons. The number of anilines is 1. The molecule has 0 fully saturated rings. The van der Waals surface area contributed by atoms with Crippen molar-refractivity contribution in [2.45, 2.75) is 38.8 Å². The number of aromatic nitrogens is 3. The molecule has 9 heteroatoms. The summed E-state index contributed by atoms with van der Waals surface area (Å²) in [6.07, 6.45) is 4.24. The molecular formula is C21H24Cl2FN5O. The number of carbonyl (C=O) groups excluding carboxylic acids is 1. The minimum Gasteiger partial charge on any atom is -0.326 e. The molecular weight excluding hydrogens is 428 g/mol. The molecule has 1 amide bonds. The number of amides is 1. The van der Waals surface area contributed by atoms with Crippen molar-refractivity contribution < 1.29 is 9.18 Å². The quantitative estimate of drug-likeness (QED) is 0.616. The maximum absolute atomic E-state index is 14.3. The predicted octanol–water partition coefficient (Wildman–Crippen LogP) is 4.37. The summed E-state index contributed by atoms with van der Waals surface area (Å²) in [5.74, 6) is 0.799. The summed E-state index contributed by atoms with van der Waals surface area (Å²) in [6, 6.07) is 11.6. The fraction of sp³-hybridized carbons (Fsp3) is 0.286. The second-order valence-corrected chi connectivity index (χ2v) is 6.95. The van der Waals surface area contributed by atoms with Crippen molar-refractivity contribution in [2.75, 3.05) is 5.32 Å². The van der Waals surface area contributed by atoms with Gasteiger partial charge in [0, 0.05) is 30.6 Å². The van der Waals surface area contributed by atoms with E-state index in [0.717, 1.165) is 49.2 Å². The van der Waals surface area contributed by atoms with Crippen molar-refractivity contribution in [2.24, 2.45) is 5.73 Å². The lowest BCUT2D eigenvalue weighted by atomic mass is 10.1. The van der Waals surface area contributed by atoms with Crippen LogP contribution in [0.25, 0.3) is 11.4 Å². The normalized spacial score (nSPS) is 12.7. The van der Waals surface area contributed by atoms with E-state index in [9.17, 15) is 9.18 Å². The molecule has 3 N–H and O–H groups in total. The molecule has 6 nitrogen and oxygen atoms in total. The molecule has 0 spiro atoms. The third-order valence-corrected chi connectivity index (χ3v) is 5.03. The second-order valence-electron chi connectivity index (χ2n) is 6.95. The van der Waals surface area contributed by atoms with E-state index < -0.39 is 5.82 Å². The van der Waals surface area contributed by atoms with Crippen LogP contribution in [0.4, 0.5) is 10.1 Å². The van der Waals surface area contributed by atoms with Crippen molar-refractivity contribution in [1.82, 2.24) is 14.8 Å². The van der Waals surface area contributed by atoms with Gasteiger partial charge in [-0.1, -0.05) is 18.6 Å². The Kier molecular flexibility index (Phi) is 8.34. The Morgan fingerprint density at radius 3 is 2.57 bits per heavy atom. The number of nitrogens with one attached hydrogen (secondary N) is 1. The van der Waals surface area contributed by atoms with Crippen LogP contribution < -0.4 is 11.1 Å². The summed E-state index contributed by atoms with van der Waals surface area (Å²) in [5, 5.41) is 11.3. The maximum atomic E-state index is 14.3. The van der Waals surface area contributed by atoms with Crippen LogP contribution >= 0.6 is 24.8 Å². The summed E-state index contributed by atoms with van der Waals surface area (Å²) in [6.45, 7) is 1.26. The van der Waals surface area contributed by atoms with Crippen LogP contribution in [0, 0.1) is 5.82 Å². The van der Waals surface area contributed by atoms with Crippen LogP contribution in [0.2, 0.25) is 0 Å². The number of nitrogens with two attached hydrogens (primary N) is 1. The average molecular weight is 452 g/mol. The van der Waals surface area contributed by atoms with E-state index in [-0.39, 0.29) is 36.4 Å². The topological polar surface area (TPSA) is 85.8 Å². The summed E-state index contributed by atoms with van der Waals surface area (Å²) >= 11 is 0. The fourth-order valence-corrected chi connectivity index (χ4v) is 3.45. The Labute approximate surface area is 186 Å². The van der Waals surface area contributed by atoms with E-state index >= 15 is 0 Å². The van der Waals surface area contributed by atoms with Gasteiger partial charge in [-0.3, -0.25) is 4.79 Å². The van der Waals surface area contributed by atoms with Gasteiger partial charge < -0.3 is 15.6 Å². The summed E-state index contributed by atoms with van der Waals surface area (Å²) in [5.41, 5.74) is 7.80. The highest BCUT2D eigenvalue weighted by Crippen LogP contribution is 2.27. The third kappa shape index (κ3) is 4.98. The van der Waals surface area contributed by atoms with Crippen LogP contribution in [0.15, 0.2) is 42.5 Å². The van der Waals surface area contributed by atoms with Gasteiger partial charge >= 0.3 is 0 Å². The molecule has 1 aliphatic heterocycles. The molecule has 0 atom stereocenters. The number of carbonyl (C=O) groups is 1. The molecule has 0 saturated heterocycles. The van der Waals surface area contributed by atoms with Crippen molar-refractivity contribution in [1.29, 1.82) is 0 Å². The van der Waals surface area contributed by atoms with Gasteiger partial charge in [0.2, 0.25) is 0 Å². The van der Waals surface area contributed by atoms with E-state index in [4.69, 9.17) is 5.73 Å². The first-order chi connectivity index (χ1) is 13.7. The number of benzene rings is 2. The molecule has 160 valence electrons. The van der Waals surface area contributed by atoms with Crippen molar-refractivity contribution >= 4 is 36.4 Å². The summed E-state index contributed by atoms with van der Waals surface area (Å²) < 4.78 is 16.4. The van der Waals surface area contributed by atoms with E-state index in [1.807, 2.05) is 0 Å². The van der Waals surface area contributed by atoms with Gasteiger partial charge in [0.25, 0.3) is 5.91 Å². The highest BCUT2D eigenvalue weighted by molar-refractivity contribution is 6.04. The number of nitrogens with zero attached hydrogens (tertiary/aromatic N) is 3. The van der Waals surface area contributed by atoms with Gasteiger partial charge in [0.05, 0.1) is 5.69 Å². The largest absolute Gasteiger partial charge is 0.326 e.